The molecule has 2 aromatic carbocycles. The lowest BCUT2D eigenvalue weighted by molar-refractivity contribution is 0.117. The highest BCUT2D eigenvalue weighted by molar-refractivity contribution is 5.14. The molecule has 0 atom stereocenters. The third-order valence-corrected chi connectivity index (χ3v) is 5.35. The van der Waals surface area contributed by atoms with E-state index >= 15 is 0 Å². The van der Waals surface area contributed by atoms with E-state index in [2.05, 4.69) is 86.7 Å². The lowest BCUT2D eigenvalue weighted by Crippen LogP contribution is -1.95. The summed E-state index contributed by atoms with van der Waals surface area (Å²) in [6, 6.07) is 20.7. The van der Waals surface area contributed by atoms with Gasteiger partial charge >= 0.3 is 0 Å². The molecular formula is C32H48O2. The second-order valence-corrected chi connectivity index (χ2v) is 8.53. The van der Waals surface area contributed by atoms with Crippen LogP contribution in [0.25, 0.3) is 0 Å². The molecule has 2 heteroatoms. The topological polar surface area (TPSA) is 18.5 Å². The Kier molecular flexibility index (Phi) is 21.1. The summed E-state index contributed by atoms with van der Waals surface area (Å²) < 4.78 is 11.3. The van der Waals surface area contributed by atoms with Gasteiger partial charge in [-0.15, -0.1) is 0 Å². The molecule has 188 valence electrons. The first-order valence-corrected chi connectivity index (χ1v) is 13.4. The Morgan fingerprint density at radius 2 is 0.912 bits per heavy atom. The SMILES string of the molecule is CCC=CCCCCCOCc1ccccc1.CCC=CCCCCCOCc1ccccc1. The van der Waals surface area contributed by atoms with Gasteiger partial charge in [0.25, 0.3) is 0 Å². The van der Waals surface area contributed by atoms with Gasteiger partial charge in [0.2, 0.25) is 0 Å². The van der Waals surface area contributed by atoms with Gasteiger partial charge < -0.3 is 9.47 Å². The second-order valence-electron chi connectivity index (χ2n) is 8.53. The first-order chi connectivity index (χ1) is 16.9. The molecule has 2 nitrogen and oxygen atoms in total. The Morgan fingerprint density at radius 1 is 0.500 bits per heavy atom. The average Bonchev–Trinajstić information content (AvgIpc) is 2.88. The minimum absolute atomic E-state index is 0.747. The molecular weight excluding hydrogens is 416 g/mol. The molecule has 0 aliphatic heterocycles. The molecule has 0 saturated heterocycles. The maximum Gasteiger partial charge on any atom is 0.0716 e. The molecule has 0 heterocycles. The van der Waals surface area contributed by atoms with Crippen LogP contribution in [-0.2, 0) is 22.7 Å². The van der Waals surface area contributed by atoms with E-state index in [1.54, 1.807) is 0 Å². The van der Waals surface area contributed by atoms with Crippen LogP contribution in [0.1, 0.15) is 89.2 Å². The normalized spacial score (nSPS) is 11.1. The van der Waals surface area contributed by atoms with Crippen LogP contribution < -0.4 is 0 Å². The largest absolute Gasteiger partial charge is 0.377 e. The van der Waals surface area contributed by atoms with Gasteiger partial charge in [-0.3, -0.25) is 0 Å². The van der Waals surface area contributed by atoms with Crippen molar-refractivity contribution in [3.8, 4) is 0 Å². The van der Waals surface area contributed by atoms with Crippen molar-refractivity contribution >= 4 is 0 Å². The predicted molar refractivity (Wildman–Crippen MR) is 148 cm³/mol. The number of hydrogen-bond acceptors (Lipinski definition) is 2. The van der Waals surface area contributed by atoms with Crippen molar-refractivity contribution in [2.24, 2.45) is 0 Å². The fourth-order valence-electron chi connectivity index (χ4n) is 3.38. The maximum absolute atomic E-state index is 5.63. The van der Waals surface area contributed by atoms with Crippen molar-refractivity contribution < 1.29 is 9.47 Å². The number of rotatable bonds is 18. The molecule has 0 bridgehead atoms. The Hall–Kier alpha value is -2.16. The van der Waals surface area contributed by atoms with Crippen molar-refractivity contribution in [1.29, 1.82) is 0 Å². The van der Waals surface area contributed by atoms with Gasteiger partial charge in [0.05, 0.1) is 13.2 Å². The molecule has 0 aliphatic rings. The average molecular weight is 465 g/mol. The highest BCUT2D eigenvalue weighted by atomic mass is 16.5. The van der Waals surface area contributed by atoms with E-state index in [0.717, 1.165) is 39.3 Å². The zero-order valence-electron chi connectivity index (χ0n) is 21.8. The summed E-state index contributed by atoms with van der Waals surface area (Å²) in [7, 11) is 0. The predicted octanol–water partition coefficient (Wildman–Crippen LogP) is 9.46. The van der Waals surface area contributed by atoms with Crippen LogP contribution in [0.4, 0.5) is 0 Å². The van der Waals surface area contributed by atoms with E-state index in [-0.39, 0.29) is 0 Å². The summed E-state index contributed by atoms with van der Waals surface area (Å²) in [5, 5.41) is 0. The van der Waals surface area contributed by atoms with Crippen LogP contribution in [0.15, 0.2) is 85.0 Å². The van der Waals surface area contributed by atoms with Crippen LogP contribution in [0.5, 0.6) is 0 Å². The maximum atomic E-state index is 5.63. The molecule has 0 spiro atoms. The van der Waals surface area contributed by atoms with Gasteiger partial charge in [0, 0.05) is 13.2 Å². The standard InChI is InChI=1S/2C16H24O/c2*1-2-3-4-5-6-7-11-14-17-15-16-12-9-8-10-13-16/h2*3-4,8-10,12-13H,2,5-7,11,14-15H2,1H3. The molecule has 0 unspecified atom stereocenters. The van der Waals surface area contributed by atoms with Crippen molar-refractivity contribution in [3.05, 3.63) is 96.1 Å². The number of unbranched alkanes of at least 4 members (excludes halogenated alkanes) is 6. The van der Waals surface area contributed by atoms with Crippen LogP contribution in [0.2, 0.25) is 0 Å². The van der Waals surface area contributed by atoms with E-state index < -0.39 is 0 Å². The highest BCUT2D eigenvalue weighted by Gasteiger charge is 1.93. The summed E-state index contributed by atoms with van der Waals surface area (Å²) in [5.74, 6) is 0. The number of ether oxygens (including phenoxy) is 2. The third-order valence-electron chi connectivity index (χ3n) is 5.35. The van der Waals surface area contributed by atoms with Crippen molar-refractivity contribution in [2.45, 2.75) is 91.3 Å². The summed E-state index contributed by atoms with van der Waals surface area (Å²) in [6.45, 7) is 7.60. The van der Waals surface area contributed by atoms with E-state index in [1.165, 1.54) is 62.5 Å². The molecule has 0 aromatic heterocycles. The Labute approximate surface area is 210 Å². The van der Waals surface area contributed by atoms with Crippen LogP contribution >= 0.6 is 0 Å². The molecule has 0 radical (unpaired) electrons. The molecule has 0 aliphatic carbocycles. The van der Waals surface area contributed by atoms with Crippen LogP contribution in [-0.4, -0.2) is 13.2 Å². The number of hydrogen-bond donors (Lipinski definition) is 0. The molecule has 34 heavy (non-hydrogen) atoms. The molecule has 2 aromatic rings. The van der Waals surface area contributed by atoms with Gasteiger partial charge in [-0.05, 0) is 62.5 Å². The second kappa shape index (κ2) is 24.0. The van der Waals surface area contributed by atoms with Gasteiger partial charge in [0.15, 0.2) is 0 Å². The van der Waals surface area contributed by atoms with Gasteiger partial charge in [-0.2, -0.15) is 0 Å². The Morgan fingerprint density at radius 3 is 1.29 bits per heavy atom. The molecule has 0 saturated carbocycles. The Balaban J connectivity index is 0.000000340. The van der Waals surface area contributed by atoms with E-state index in [0.29, 0.717) is 0 Å². The van der Waals surface area contributed by atoms with Crippen LogP contribution in [0, 0.1) is 0 Å². The first-order valence-electron chi connectivity index (χ1n) is 13.4. The monoisotopic (exact) mass is 464 g/mol. The zero-order valence-corrected chi connectivity index (χ0v) is 21.8. The zero-order chi connectivity index (χ0) is 24.4. The van der Waals surface area contributed by atoms with E-state index in [1.807, 2.05) is 12.1 Å². The molecule has 0 fully saturated rings. The fourth-order valence-corrected chi connectivity index (χ4v) is 3.38. The van der Waals surface area contributed by atoms with Crippen molar-refractivity contribution in [1.82, 2.24) is 0 Å². The number of allylic oxidation sites excluding steroid dienone is 4. The third kappa shape index (κ3) is 19.3. The first kappa shape index (κ1) is 29.9. The van der Waals surface area contributed by atoms with Gasteiger partial charge in [0.1, 0.15) is 0 Å². The summed E-state index contributed by atoms with van der Waals surface area (Å²) in [6.07, 6.45) is 21.2. The number of benzene rings is 2. The molecule has 0 N–H and O–H groups in total. The fraction of sp³-hybridized carbons (Fsp3) is 0.500. The molecule has 0 amide bonds. The van der Waals surface area contributed by atoms with Crippen LogP contribution in [0.3, 0.4) is 0 Å². The van der Waals surface area contributed by atoms with Gasteiger partial charge in [-0.25, -0.2) is 0 Å². The smallest absolute Gasteiger partial charge is 0.0716 e. The lowest BCUT2D eigenvalue weighted by Gasteiger charge is -2.03. The summed E-state index contributed by atoms with van der Waals surface area (Å²) >= 11 is 0. The van der Waals surface area contributed by atoms with Crippen molar-refractivity contribution in [2.75, 3.05) is 13.2 Å². The minimum atomic E-state index is 0.747. The summed E-state index contributed by atoms with van der Waals surface area (Å²) in [4.78, 5) is 0. The summed E-state index contributed by atoms with van der Waals surface area (Å²) in [5.41, 5.74) is 2.52. The van der Waals surface area contributed by atoms with Gasteiger partial charge in [-0.1, -0.05) is 112 Å². The lowest BCUT2D eigenvalue weighted by atomic mass is 10.2. The van der Waals surface area contributed by atoms with E-state index in [9.17, 15) is 0 Å². The minimum Gasteiger partial charge on any atom is -0.377 e. The highest BCUT2D eigenvalue weighted by Crippen LogP contribution is 2.06. The van der Waals surface area contributed by atoms with Crippen molar-refractivity contribution in [3.63, 3.8) is 0 Å². The Bertz CT molecular complexity index is 643. The quantitative estimate of drug-likeness (QED) is 0.161. The molecule has 2 rings (SSSR count). The van der Waals surface area contributed by atoms with E-state index in [4.69, 9.17) is 9.47 Å².